The predicted molar refractivity (Wildman–Crippen MR) is 69.2 cm³/mol. The summed E-state index contributed by atoms with van der Waals surface area (Å²) in [6, 6.07) is 8.09. The topological polar surface area (TPSA) is 95.1 Å². The van der Waals surface area contributed by atoms with Gasteiger partial charge in [0.2, 0.25) is 0 Å². The van der Waals surface area contributed by atoms with Crippen molar-refractivity contribution in [1.29, 1.82) is 0 Å². The summed E-state index contributed by atoms with van der Waals surface area (Å²) in [7, 11) is 0. The molecular formula is C11H8BrN3O3. The van der Waals surface area contributed by atoms with Crippen LogP contribution in [0.5, 0.6) is 0 Å². The van der Waals surface area contributed by atoms with Crippen LogP contribution >= 0.6 is 15.9 Å². The number of anilines is 2. The van der Waals surface area contributed by atoms with Gasteiger partial charge in [-0.3, -0.25) is 4.79 Å². The number of hydrogen-bond acceptors (Lipinski definition) is 4. The number of rotatable bonds is 3. The molecule has 7 heteroatoms. The molecule has 0 saturated heterocycles. The van der Waals surface area contributed by atoms with E-state index < -0.39 is 11.5 Å². The van der Waals surface area contributed by atoms with E-state index in [1.165, 1.54) is 0 Å². The maximum atomic E-state index is 11.0. The lowest BCUT2D eigenvalue weighted by Gasteiger charge is -2.07. The summed E-state index contributed by atoms with van der Waals surface area (Å²) in [6.07, 6.45) is 0. The Morgan fingerprint density at radius 2 is 2.00 bits per heavy atom. The van der Waals surface area contributed by atoms with Crippen LogP contribution in [0.1, 0.15) is 10.4 Å². The van der Waals surface area contributed by atoms with Crippen LogP contribution in [0.3, 0.4) is 0 Å². The van der Waals surface area contributed by atoms with Crippen LogP contribution in [0, 0.1) is 0 Å². The van der Waals surface area contributed by atoms with E-state index >= 15 is 0 Å². The zero-order valence-electron chi connectivity index (χ0n) is 8.98. The molecule has 2 rings (SSSR count). The average Bonchev–Trinajstić information content (AvgIpc) is 2.34. The fraction of sp³-hybridized carbons (Fsp3) is 0. The molecule has 0 saturated carbocycles. The second-order valence-electron chi connectivity index (χ2n) is 3.43. The molecule has 3 N–H and O–H groups in total. The lowest BCUT2D eigenvalue weighted by molar-refractivity contribution is 0.0697. The van der Waals surface area contributed by atoms with Crippen LogP contribution in [0.15, 0.2) is 39.6 Å². The Morgan fingerprint density at radius 3 is 2.61 bits per heavy atom. The second kappa shape index (κ2) is 5.01. The number of aromatic carboxylic acids is 1. The van der Waals surface area contributed by atoms with Gasteiger partial charge in [-0.15, -0.1) is 0 Å². The summed E-state index contributed by atoms with van der Waals surface area (Å²) in [4.78, 5) is 22.0. The van der Waals surface area contributed by atoms with Gasteiger partial charge in [0.1, 0.15) is 5.56 Å². The molecule has 0 aliphatic heterocycles. The minimum atomic E-state index is -1.21. The van der Waals surface area contributed by atoms with Crippen molar-refractivity contribution < 1.29 is 9.90 Å². The highest BCUT2D eigenvalue weighted by molar-refractivity contribution is 9.10. The van der Waals surface area contributed by atoms with Crippen molar-refractivity contribution in [2.45, 2.75) is 0 Å². The fourth-order valence-electron chi connectivity index (χ4n) is 1.33. The van der Waals surface area contributed by atoms with Gasteiger partial charge in [-0.1, -0.05) is 15.9 Å². The van der Waals surface area contributed by atoms with Crippen molar-refractivity contribution in [3.05, 3.63) is 50.7 Å². The van der Waals surface area contributed by atoms with Crippen LogP contribution < -0.4 is 10.9 Å². The van der Waals surface area contributed by atoms with E-state index in [4.69, 9.17) is 5.11 Å². The molecule has 0 aliphatic carbocycles. The Balaban J connectivity index is 2.37. The fourth-order valence-corrected chi connectivity index (χ4v) is 1.60. The number of benzene rings is 1. The minimum absolute atomic E-state index is 0.0874. The Hall–Kier alpha value is -2.15. The van der Waals surface area contributed by atoms with Crippen LogP contribution in [-0.4, -0.2) is 21.3 Å². The molecule has 0 atom stereocenters. The molecule has 18 heavy (non-hydrogen) atoms. The first-order chi connectivity index (χ1) is 8.56. The van der Waals surface area contributed by atoms with Gasteiger partial charge in [0, 0.05) is 16.2 Å². The summed E-state index contributed by atoms with van der Waals surface area (Å²) in [5, 5.41) is 17.7. The van der Waals surface area contributed by atoms with Crippen LogP contribution in [-0.2, 0) is 0 Å². The summed E-state index contributed by atoms with van der Waals surface area (Å²) in [5.74, 6) is -1.13. The number of aromatic nitrogens is 2. The molecule has 0 aliphatic rings. The molecule has 0 bridgehead atoms. The summed E-state index contributed by atoms with van der Waals surface area (Å²) in [6.45, 7) is 0. The van der Waals surface area contributed by atoms with Crippen LogP contribution in [0.2, 0.25) is 0 Å². The second-order valence-corrected chi connectivity index (χ2v) is 4.35. The Labute approximate surface area is 110 Å². The van der Waals surface area contributed by atoms with E-state index in [0.717, 1.165) is 10.5 Å². The highest BCUT2D eigenvalue weighted by atomic mass is 79.9. The number of nitrogens with one attached hydrogen (secondary N) is 2. The number of H-pyrrole nitrogens is 1. The quantitative estimate of drug-likeness (QED) is 0.805. The van der Waals surface area contributed by atoms with Crippen molar-refractivity contribution in [2.75, 3.05) is 5.32 Å². The minimum Gasteiger partial charge on any atom is -0.478 e. The average molecular weight is 310 g/mol. The van der Waals surface area contributed by atoms with Gasteiger partial charge in [0.25, 0.3) is 5.56 Å². The predicted octanol–water partition coefficient (Wildman–Crippen LogP) is 1.97. The third-order valence-corrected chi connectivity index (χ3v) is 2.67. The van der Waals surface area contributed by atoms with Crippen molar-refractivity contribution in [3.8, 4) is 0 Å². The lowest BCUT2D eigenvalue weighted by Crippen LogP contribution is -2.14. The van der Waals surface area contributed by atoms with Crippen LogP contribution in [0.25, 0.3) is 0 Å². The van der Waals surface area contributed by atoms with Gasteiger partial charge >= 0.3 is 5.97 Å². The van der Waals surface area contributed by atoms with Gasteiger partial charge in [-0.05, 0) is 24.3 Å². The summed E-state index contributed by atoms with van der Waals surface area (Å²) < 4.78 is 0.904. The first-order valence-electron chi connectivity index (χ1n) is 4.92. The first-order valence-corrected chi connectivity index (χ1v) is 5.71. The van der Waals surface area contributed by atoms with E-state index in [0.29, 0.717) is 5.69 Å². The monoisotopic (exact) mass is 309 g/mol. The molecule has 0 radical (unpaired) electrons. The van der Waals surface area contributed by atoms with Gasteiger partial charge < -0.3 is 10.4 Å². The largest absolute Gasteiger partial charge is 0.478 e. The number of hydrogen-bond donors (Lipinski definition) is 3. The maximum Gasteiger partial charge on any atom is 0.339 e. The van der Waals surface area contributed by atoms with Gasteiger partial charge in [0.15, 0.2) is 5.82 Å². The van der Waals surface area contributed by atoms with Crippen molar-refractivity contribution in [3.63, 3.8) is 0 Å². The molecule has 1 heterocycles. The molecule has 0 amide bonds. The highest BCUT2D eigenvalue weighted by Crippen LogP contribution is 2.19. The number of carbonyl (C=O) groups is 1. The molecule has 0 spiro atoms. The molecule has 1 aromatic carbocycles. The summed E-state index contributed by atoms with van der Waals surface area (Å²) >= 11 is 3.29. The molecule has 92 valence electrons. The number of halogens is 1. The molecule has 6 nitrogen and oxygen atoms in total. The van der Waals surface area contributed by atoms with E-state index in [9.17, 15) is 9.59 Å². The van der Waals surface area contributed by atoms with E-state index in [-0.39, 0.29) is 11.4 Å². The molecule has 0 fully saturated rings. The number of carboxylic acids is 1. The van der Waals surface area contributed by atoms with Gasteiger partial charge in [-0.25, -0.2) is 9.89 Å². The van der Waals surface area contributed by atoms with E-state index in [2.05, 4.69) is 31.4 Å². The zero-order valence-corrected chi connectivity index (χ0v) is 10.6. The van der Waals surface area contributed by atoms with E-state index in [1.54, 1.807) is 24.3 Å². The van der Waals surface area contributed by atoms with Crippen molar-refractivity contribution >= 4 is 33.4 Å². The lowest BCUT2D eigenvalue weighted by atomic mass is 10.2. The number of aromatic amines is 1. The third kappa shape index (κ3) is 2.75. The van der Waals surface area contributed by atoms with Gasteiger partial charge in [0.05, 0.1) is 0 Å². The molecule has 1 aromatic heterocycles. The smallest absolute Gasteiger partial charge is 0.339 e. The summed E-state index contributed by atoms with van der Waals surface area (Å²) in [5.41, 5.74) is -0.0735. The van der Waals surface area contributed by atoms with Gasteiger partial charge in [-0.2, -0.15) is 5.10 Å². The number of nitrogens with zero attached hydrogens (tertiary/aromatic N) is 1. The van der Waals surface area contributed by atoms with E-state index in [1.807, 2.05) is 0 Å². The third-order valence-electron chi connectivity index (χ3n) is 2.15. The molecule has 2 aromatic rings. The zero-order chi connectivity index (χ0) is 13.1. The molecular weight excluding hydrogens is 302 g/mol. The normalized spacial score (nSPS) is 10.1. The van der Waals surface area contributed by atoms with Crippen LogP contribution in [0.4, 0.5) is 11.5 Å². The van der Waals surface area contributed by atoms with Crippen molar-refractivity contribution in [1.82, 2.24) is 10.2 Å². The SMILES string of the molecule is O=C(O)c1cc(=O)[nH]nc1Nc1ccc(Br)cc1. The Bertz CT molecular complexity index is 637. The van der Waals surface area contributed by atoms with Crippen molar-refractivity contribution in [2.24, 2.45) is 0 Å². The Kier molecular flexibility index (Phi) is 3.42. The highest BCUT2D eigenvalue weighted by Gasteiger charge is 2.12. The molecule has 0 unspecified atom stereocenters. The Morgan fingerprint density at radius 1 is 1.33 bits per heavy atom. The number of carboxylic acid groups (broad SMARTS) is 1. The standard InChI is InChI=1S/C11H8BrN3O3/c12-6-1-3-7(4-2-6)13-10-8(11(17)18)5-9(16)14-15-10/h1-5H,(H,13,15)(H,14,16)(H,17,18). The maximum absolute atomic E-state index is 11.0. The first kappa shape index (κ1) is 12.3.